The minimum atomic E-state index is -0.702. The molecule has 0 amide bonds. The maximum atomic E-state index is 12.8. The molecule has 1 atom stereocenters. The highest BCUT2D eigenvalue weighted by atomic mass is 19.1. The molecule has 0 saturated heterocycles. The summed E-state index contributed by atoms with van der Waals surface area (Å²) in [6.45, 7) is 5.43. The average Bonchev–Trinajstić information content (AvgIpc) is 2.17. The van der Waals surface area contributed by atoms with Gasteiger partial charge in [-0.05, 0) is 18.5 Å². The van der Waals surface area contributed by atoms with Gasteiger partial charge in [0.15, 0.2) is 0 Å². The zero-order valence-electron chi connectivity index (χ0n) is 9.07. The molecule has 15 heavy (non-hydrogen) atoms. The quantitative estimate of drug-likeness (QED) is 0.777. The van der Waals surface area contributed by atoms with E-state index in [0.29, 0.717) is 18.0 Å². The van der Waals surface area contributed by atoms with E-state index in [2.05, 4.69) is 24.1 Å². The van der Waals surface area contributed by atoms with Crippen LogP contribution in [0.15, 0.2) is 18.5 Å². The van der Waals surface area contributed by atoms with Crippen molar-refractivity contribution in [3.8, 4) is 0 Å². The van der Waals surface area contributed by atoms with Crippen LogP contribution in [0.4, 0.5) is 4.39 Å². The number of hydrogen-bond donors (Lipinski definition) is 2. The SMILES string of the molecule is CC(C)CNCC(O)c1cncc(F)c1. The van der Waals surface area contributed by atoms with Crippen LogP contribution in [0.1, 0.15) is 25.5 Å². The zero-order valence-corrected chi connectivity index (χ0v) is 9.07. The van der Waals surface area contributed by atoms with Crippen molar-refractivity contribution in [3.63, 3.8) is 0 Å². The highest BCUT2D eigenvalue weighted by Crippen LogP contribution is 2.11. The Morgan fingerprint density at radius 2 is 2.13 bits per heavy atom. The summed E-state index contributed by atoms with van der Waals surface area (Å²) in [6.07, 6.45) is 1.90. The molecule has 0 fully saturated rings. The predicted octanol–water partition coefficient (Wildman–Crippen LogP) is 1.50. The molecule has 0 aliphatic rings. The van der Waals surface area contributed by atoms with Gasteiger partial charge in [0, 0.05) is 18.3 Å². The van der Waals surface area contributed by atoms with E-state index in [1.807, 2.05) is 0 Å². The van der Waals surface area contributed by atoms with Gasteiger partial charge in [-0.15, -0.1) is 0 Å². The van der Waals surface area contributed by atoms with E-state index in [1.165, 1.54) is 12.3 Å². The van der Waals surface area contributed by atoms with Gasteiger partial charge in [0.25, 0.3) is 0 Å². The van der Waals surface area contributed by atoms with Crippen molar-refractivity contribution in [2.75, 3.05) is 13.1 Å². The Kier molecular flexibility index (Phi) is 4.65. The normalized spacial score (nSPS) is 13.1. The number of pyridine rings is 1. The number of halogens is 1. The van der Waals surface area contributed by atoms with Gasteiger partial charge < -0.3 is 10.4 Å². The van der Waals surface area contributed by atoms with Crippen molar-refractivity contribution >= 4 is 0 Å². The van der Waals surface area contributed by atoms with Gasteiger partial charge in [0.05, 0.1) is 12.3 Å². The largest absolute Gasteiger partial charge is 0.387 e. The average molecular weight is 212 g/mol. The zero-order chi connectivity index (χ0) is 11.3. The molecule has 0 aromatic carbocycles. The molecule has 1 aromatic rings. The third-order valence-corrected chi connectivity index (χ3v) is 2.00. The van der Waals surface area contributed by atoms with Crippen LogP contribution in [0.2, 0.25) is 0 Å². The molecule has 0 spiro atoms. The predicted molar refractivity (Wildman–Crippen MR) is 56.9 cm³/mol. The lowest BCUT2D eigenvalue weighted by Crippen LogP contribution is -2.25. The molecule has 3 nitrogen and oxygen atoms in total. The van der Waals surface area contributed by atoms with Gasteiger partial charge in [-0.1, -0.05) is 13.8 Å². The lowest BCUT2D eigenvalue weighted by atomic mass is 10.1. The van der Waals surface area contributed by atoms with Crippen LogP contribution in [0.25, 0.3) is 0 Å². The Morgan fingerprint density at radius 3 is 2.73 bits per heavy atom. The number of aliphatic hydroxyl groups is 1. The summed E-state index contributed by atoms with van der Waals surface area (Å²) in [5, 5.41) is 12.8. The van der Waals surface area contributed by atoms with Crippen molar-refractivity contribution in [3.05, 3.63) is 29.8 Å². The van der Waals surface area contributed by atoms with Gasteiger partial charge in [0.1, 0.15) is 5.82 Å². The fraction of sp³-hybridized carbons (Fsp3) is 0.545. The molecule has 1 unspecified atom stereocenters. The summed E-state index contributed by atoms with van der Waals surface area (Å²) in [4.78, 5) is 3.69. The summed E-state index contributed by atoms with van der Waals surface area (Å²) in [7, 11) is 0. The number of aliphatic hydroxyl groups excluding tert-OH is 1. The van der Waals surface area contributed by atoms with Gasteiger partial charge in [0.2, 0.25) is 0 Å². The molecule has 0 radical (unpaired) electrons. The number of nitrogens with one attached hydrogen (secondary N) is 1. The molecule has 4 heteroatoms. The molecular weight excluding hydrogens is 195 g/mol. The number of aromatic nitrogens is 1. The molecule has 0 aliphatic carbocycles. The number of rotatable bonds is 5. The minimum Gasteiger partial charge on any atom is -0.387 e. The van der Waals surface area contributed by atoms with Crippen molar-refractivity contribution < 1.29 is 9.50 Å². The fourth-order valence-corrected chi connectivity index (χ4v) is 1.24. The summed E-state index contributed by atoms with van der Waals surface area (Å²) < 4.78 is 12.8. The Morgan fingerprint density at radius 1 is 1.40 bits per heavy atom. The van der Waals surface area contributed by atoms with E-state index in [-0.39, 0.29) is 0 Å². The molecular formula is C11H17FN2O. The van der Waals surface area contributed by atoms with Crippen LogP contribution >= 0.6 is 0 Å². The highest BCUT2D eigenvalue weighted by molar-refractivity contribution is 5.13. The topological polar surface area (TPSA) is 45.1 Å². The molecule has 0 bridgehead atoms. The van der Waals surface area contributed by atoms with E-state index in [4.69, 9.17) is 0 Å². The number of hydrogen-bond acceptors (Lipinski definition) is 3. The standard InChI is InChI=1S/C11H17FN2O/c1-8(2)4-13-7-11(15)9-3-10(12)6-14-5-9/h3,5-6,8,11,13,15H,4,7H2,1-2H3. The molecule has 1 aromatic heterocycles. The van der Waals surface area contributed by atoms with Crippen LogP contribution < -0.4 is 5.32 Å². The van der Waals surface area contributed by atoms with E-state index in [9.17, 15) is 9.50 Å². The maximum Gasteiger partial charge on any atom is 0.141 e. The Balaban J connectivity index is 2.43. The first-order chi connectivity index (χ1) is 7.09. The van der Waals surface area contributed by atoms with E-state index in [0.717, 1.165) is 12.7 Å². The third kappa shape index (κ3) is 4.36. The second-order valence-electron chi connectivity index (χ2n) is 4.00. The van der Waals surface area contributed by atoms with E-state index in [1.54, 1.807) is 0 Å². The molecule has 1 rings (SSSR count). The van der Waals surface area contributed by atoms with Crippen LogP contribution in [0.5, 0.6) is 0 Å². The smallest absolute Gasteiger partial charge is 0.141 e. The Bertz CT molecular complexity index is 304. The van der Waals surface area contributed by atoms with Gasteiger partial charge >= 0.3 is 0 Å². The summed E-state index contributed by atoms with van der Waals surface area (Å²) in [6, 6.07) is 1.30. The maximum absolute atomic E-state index is 12.8. The molecule has 0 saturated carbocycles. The first-order valence-corrected chi connectivity index (χ1v) is 5.09. The first kappa shape index (κ1) is 12.1. The summed E-state index contributed by atoms with van der Waals surface area (Å²) in [5.74, 6) is 0.109. The van der Waals surface area contributed by atoms with Crippen LogP contribution in [-0.4, -0.2) is 23.2 Å². The molecule has 1 heterocycles. The molecule has 0 aliphatic heterocycles. The third-order valence-electron chi connectivity index (χ3n) is 2.00. The molecule has 84 valence electrons. The van der Waals surface area contributed by atoms with E-state index < -0.39 is 11.9 Å². The lowest BCUT2D eigenvalue weighted by Gasteiger charge is -2.13. The second kappa shape index (κ2) is 5.78. The Hall–Kier alpha value is -1.00. The molecule has 2 N–H and O–H groups in total. The van der Waals surface area contributed by atoms with E-state index >= 15 is 0 Å². The van der Waals surface area contributed by atoms with Gasteiger partial charge in [-0.2, -0.15) is 0 Å². The first-order valence-electron chi connectivity index (χ1n) is 5.09. The number of nitrogens with zero attached hydrogens (tertiary/aromatic N) is 1. The Labute approximate surface area is 89.4 Å². The van der Waals surface area contributed by atoms with Crippen molar-refractivity contribution in [2.45, 2.75) is 20.0 Å². The highest BCUT2D eigenvalue weighted by Gasteiger charge is 2.08. The van der Waals surface area contributed by atoms with Gasteiger partial charge in [-0.3, -0.25) is 4.98 Å². The van der Waals surface area contributed by atoms with Gasteiger partial charge in [-0.25, -0.2) is 4.39 Å². The van der Waals surface area contributed by atoms with Crippen LogP contribution in [0.3, 0.4) is 0 Å². The minimum absolute atomic E-state index is 0.420. The van der Waals surface area contributed by atoms with Crippen LogP contribution in [-0.2, 0) is 0 Å². The van der Waals surface area contributed by atoms with Crippen molar-refractivity contribution in [1.82, 2.24) is 10.3 Å². The van der Waals surface area contributed by atoms with Crippen molar-refractivity contribution in [1.29, 1.82) is 0 Å². The summed E-state index contributed by atoms with van der Waals surface area (Å²) >= 11 is 0. The summed E-state index contributed by atoms with van der Waals surface area (Å²) in [5.41, 5.74) is 0.506. The fourth-order valence-electron chi connectivity index (χ4n) is 1.24. The van der Waals surface area contributed by atoms with Crippen molar-refractivity contribution in [2.24, 2.45) is 5.92 Å². The lowest BCUT2D eigenvalue weighted by molar-refractivity contribution is 0.172. The second-order valence-corrected chi connectivity index (χ2v) is 4.00. The van der Waals surface area contributed by atoms with Crippen LogP contribution in [0, 0.1) is 11.7 Å². The monoisotopic (exact) mass is 212 g/mol.